The molecule has 0 aliphatic heterocycles. The molecular weight excluding hydrogens is 494 g/mol. The van der Waals surface area contributed by atoms with Crippen LogP contribution in [0.2, 0.25) is 0 Å². The van der Waals surface area contributed by atoms with Gasteiger partial charge >= 0.3 is 0 Å². The summed E-state index contributed by atoms with van der Waals surface area (Å²) in [6.07, 6.45) is 8.03. The summed E-state index contributed by atoms with van der Waals surface area (Å²) in [5.74, 6) is 0. The van der Waals surface area contributed by atoms with Gasteiger partial charge in [0.2, 0.25) is 0 Å². The lowest BCUT2D eigenvalue weighted by molar-refractivity contribution is 0.655. The van der Waals surface area contributed by atoms with Crippen molar-refractivity contribution in [3.63, 3.8) is 0 Å². The molecular formula is C40H31N. The summed E-state index contributed by atoms with van der Waals surface area (Å²) < 4.78 is 0. The van der Waals surface area contributed by atoms with Gasteiger partial charge in [-0.05, 0) is 74.8 Å². The summed E-state index contributed by atoms with van der Waals surface area (Å²) in [5.41, 5.74) is 9.56. The van der Waals surface area contributed by atoms with E-state index in [0.717, 1.165) is 17.8 Å². The van der Waals surface area contributed by atoms with Gasteiger partial charge in [-0.25, -0.2) is 0 Å². The molecule has 1 N–H and O–H groups in total. The van der Waals surface area contributed by atoms with Gasteiger partial charge in [0.15, 0.2) is 0 Å². The van der Waals surface area contributed by atoms with Crippen molar-refractivity contribution in [1.82, 2.24) is 0 Å². The van der Waals surface area contributed by atoms with Crippen molar-refractivity contribution in [2.75, 3.05) is 5.32 Å². The zero-order valence-corrected chi connectivity index (χ0v) is 22.9. The van der Waals surface area contributed by atoms with E-state index in [1.165, 1.54) is 44.2 Å². The highest BCUT2D eigenvalue weighted by Gasteiger charge is 2.34. The Morgan fingerprint density at radius 2 is 1.07 bits per heavy atom. The second-order valence-electron chi connectivity index (χ2n) is 10.7. The Bertz CT molecular complexity index is 1840. The fourth-order valence-corrected chi connectivity index (χ4v) is 6.06. The average molecular weight is 526 g/mol. The predicted molar refractivity (Wildman–Crippen MR) is 175 cm³/mol. The van der Waals surface area contributed by atoms with E-state index in [9.17, 15) is 0 Å². The molecule has 0 fully saturated rings. The lowest BCUT2D eigenvalue weighted by atomic mass is 9.68. The highest BCUT2D eigenvalue weighted by atomic mass is 14.9. The third-order valence-corrected chi connectivity index (χ3v) is 8.25. The monoisotopic (exact) mass is 525 g/mol. The lowest BCUT2D eigenvalue weighted by Gasteiger charge is -2.35. The van der Waals surface area contributed by atoms with Crippen molar-refractivity contribution in [1.29, 1.82) is 0 Å². The van der Waals surface area contributed by atoms with E-state index in [2.05, 4.69) is 169 Å². The third-order valence-electron chi connectivity index (χ3n) is 8.25. The van der Waals surface area contributed by atoms with Crippen LogP contribution in [0.5, 0.6) is 0 Å². The Morgan fingerprint density at radius 3 is 1.76 bits per heavy atom. The molecule has 1 aliphatic rings. The van der Waals surface area contributed by atoms with Gasteiger partial charge in [-0.2, -0.15) is 0 Å². The van der Waals surface area contributed by atoms with Crippen LogP contribution in [0.15, 0.2) is 170 Å². The number of fused-ring (bicyclic) bond motifs is 1. The zero-order valence-electron chi connectivity index (χ0n) is 22.9. The largest absolute Gasteiger partial charge is 0.356 e. The number of hydrogen-bond acceptors (Lipinski definition) is 1. The van der Waals surface area contributed by atoms with Gasteiger partial charge in [0, 0.05) is 16.8 Å². The number of rotatable bonds is 6. The topological polar surface area (TPSA) is 12.0 Å². The number of hydrogen-bond donors (Lipinski definition) is 1. The lowest BCUT2D eigenvalue weighted by Crippen LogP contribution is -2.26. The maximum absolute atomic E-state index is 3.55. The van der Waals surface area contributed by atoms with Crippen molar-refractivity contribution >= 4 is 27.7 Å². The van der Waals surface area contributed by atoms with E-state index in [-0.39, 0.29) is 5.41 Å². The molecule has 0 bridgehead atoms. The van der Waals surface area contributed by atoms with Crippen LogP contribution >= 0.6 is 0 Å². The molecule has 1 heteroatoms. The van der Waals surface area contributed by atoms with Gasteiger partial charge in [-0.15, -0.1) is 0 Å². The summed E-state index contributed by atoms with van der Waals surface area (Å²) >= 11 is 0. The van der Waals surface area contributed by atoms with Crippen molar-refractivity contribution in [2.24, 2.45) is 0 Å². The maximum atomic E-state index is 3.55. The van der Waals surface area contributed by atoms with E-state index in [0.29, 0.717) is 0 Å². The van der Waals surface area contributed by atoms with Crippen LogP contribution in [-0.2, 0) is 5.41 Å². The van der Waals surface area contributed by atoms with Gasteiger partial charge in [0.25, 0.3) is 0 Å². The van der Waals surface area contributed by atoms with Crippen LogP contribution in [0.1, 0.15) is 23.1 Å². The smallest absolute Gasteiger partial charge is 0.0425 e. The van der Waals surface area contributed by atoms with E-state index in [4.69, 9.17) is 0 Å². The Labute approximate surface area is 242 Å². The van der Waals surface area contributed by atoms with Crippen molar-refractivity contribution in [2.45, 2.75) is 11.8 Å². The molecule has 6 aromatic carbocycles. The van der Waals surface area contributed by atoms with Gasteiger partial charge < -0.3 is 5.32 Å². The summed E-state index contributed by atoms with van der Waals surface area (Å²) in [6, 6.07) is 54.2. The molecule has 0 radical (unpaired) electrons. The quantitative estimate of drug-likeness (QED) is 0.228. The van der Waals surface area contributed by atoms with Crippen molar-refractivity contribution in [3.8, 4) is 11.1 Å². The first kappa shape index (κ1) is 24.9. The summed E-state index contributed by atoms with van der Waals surface area (Å²) in [4.78, 5) is 0. The van der Waals surface area contributed by atoms with Crippen LogP contribution in [0.3, 0.4) is 0 Å². The van der Waals surface area contributed by atoms with E-state index in [1.807, 2.05) is 6.07 Å². The molecule has 1 atom stereocenters. The van der Waals surface area contributed by atoms with E-state index < -0.39 is 0 Å². The van der Waals surface area contributed by atoms with E-state index >= 15 is 0 Å². The first-order chi connectivity index (χ1) is 20.3. The van der Waals surface area contributed by atoms with Crippen LogP contribution in [0.4, 0.5) is 11.4 Å². The number of allylic oxidation sites excluding steroid dienone is 4. The molecule has 1 unspecified atom stereocenters. The molecule has 1 aliphatic carbocycles. The highest BCUT2D eigenvalue weighted by Crippen LogP contribution is 2.44. The molecule has 0 amide bonds. The molecule has 0 saturated heterocycles. The molecule has 1 nitrogen and oxygen atoms in total. The minimum absolute atomic E-state index is 0.209. The maximum Gasteiger partial charge on any atom is 0.0425 e. The molecule has 7 rings (SSSR count). The fourth-order valence-electron chi connectivity index (χ4n) is 6.06. The Balaban J connectivity index is 1.14. The van der Waals surface area contributed by atoms with E-state index in [1.54, 1.807) is 0 Å². The minimum atomic E-state index is -0.209. The molecule has 0 saturated carbocycles. The molecule has 0 heterocycles. The Hall–Kier alpha value is -5.14. The average Bonchev–Trinajstić information content (AvgIpc) is 3.06. The fraction of sp³-hybridized carbons (Fsp3) is 0.0500. The third kappa shape index (κ3) is 4.88. The van der Waals surface area contributed by atoms with Gasteiger partial charge in [0.05, 0.1) is 0 Å². The van der Waals surface area contributed by atoms with Crippen LogP contribution in [0.25, 0.3) is 27.5 Å². The zero-order chi connectivity index (χ0) is 27.5. The summed E-state index contributed by atoms with van der Waals surface area (Å²) in [6.45, 7) is 0. The first-order valence-electron chi connectivity index (χ1n) is 14.2. The number of benzene rings is 6. The van der Waals surface area contributed by atoms with Gasteiger partial charge in [-0.1, -0.05) is 146 Å². The predicted octanol–water partition coefficient (Wildman–Crippen LogP) is 10.6. The van der Waals surface area contributed by atoms with Crippen LogP contribution in [0, 0.1) is 0 Å². The van der Waals surface area contributed by atoms with Gasteiger partial charge in [0.1, 0.15) is 0 Å². The molecule has 0 aromatic heterocycles. The first-order valence-corrected chi connectivity index (χ1v) is 14.2. The Kier molecular flexibility index (Phi) is 6.55. The van der Waals surface area contributed by atoms with Crippen molar-refractivity contribution < 1.29 is 0 Å². The molecule has 196 valence electrons. The number of anilines is 2. The van der Waals surface area contributed by atoms with Crippen LogP contribution in [-0.4, -0.2) is 0 Å². The van der Waals surface area contributed by atoms with Crippen molar-refractivity contribution in [3.05, 3.63) is 187 Å². The normalized spacial score (nSPS) is 16.3. The Morgan fingerprint density at radius 1 is 0.488 bits per heavy atom. The second kappa shape index (κ2) is 10.8. The van der Waals surface area contributed by atoms with Gasteiger partial charge in [-0.3, -0.25) is 0 Å². The summed E-state index contributed by atoms with van der Waals surface area (Å²) in [7, 11) is 0. The standard InChI is InChI=1S/C40H31N/c1-3-10-30(11-4-1)31-18-22-36(23-19-31)41-37-24-20-32(21-25-37)33-26-28-40(29-27-33,35-14-5-2-6-15-35)39-17-9-13-34-12-7-8-16-38(34)39/h1-28,41H,29H2. The number of nitrogens with one attached hydrogen (secondary N) is 1. The highest BCUT2D eigenvalue weighted by molar-refractivity contribution is 5.88. The molecule has 0 spiro atoms. The molecule has 6 aromatic rings. The van der Waals surface area contributed by atoms with Crippen LogP contribution < -0.4 is 5.32 Å². The molecule has 41 heavy (non-hydrogen) atoms. The summed E-state index contributed by atoms with van der Waals surface area (Å²) in [5, 5.41) is 6.14. The second-order valence-corrected chi connectivity index (χ2v) is 10.7. The SMILES string of the molecule is C1=CC(c2ccccc2)(c2cccc3ccccc23)CC=C1c1ccc(Nc2ccc(-c3ccccc3)cc2)cc1. The minimum Gasteiger partial charge on any atom is -0.356 e.